The third-order valence-corrected chi connectivity index (χ3v) is 6.77. The molecule has 1 aliphatic rings. The second-order valence-corrected chi connectivity index (χ2v) is 8.44. The Bertz CT molecular complexity index is 668. The van der Waals surface area contributed by atoms with E-state index in [0.29, 0.717) is 17.3 Å². The molecular formula is C18H23NO4S3. The average molecular weight is 414 g/mol. The molecule has 1 aromatic rings. The molecule has 0 spiro atoms. The molecule has 5 nitrogen and oxygen atoms in total. The first kappa shape index (κ1) is 21.1. The van der Waals surface area contributed by atoms with E-state index >= 15 is 0 Å². The standard InChI is InChI=1S/C18H23NO4S3/c1-4-23-18(21)13-10-26-17(19(13)16(24)9-12(2)20)11-25-15-8-6-5-7-14(15)22-3/h5-8,13,17H,4,9-11H2,1-3H3. The number of benzene rings is 1. The Kier molecular flexibility index (Phi) is 8.24. The molecule has 0 radical (unpaired) electrons. The summed E-state index contributed by atoms with van der Waals surface area (Å²) < 4.78 is 10.6. The van der Waals surface area contributed by atoms with Crippen LogP contribution in [-0.2, 0) is 14.3 Å². The number of nitrogens with zero attached hydrogens (tertiary/aromatic N) is 1. The van der Waals surface area contributed by atoms with Crippen molar-refractivity contribution in [2.45, 2.75) is 36.6 Å². The second kappa shape index (κ2) is 10.2. The van der Waals surface area contributed by atoms with Crippen LogP contribution < -0.4 is 4.74 Å². The minimum absolute atomic E-state index is 0.00571. The maximum absolute atomic E-state index is 12.3. The van der Waals surface area contributed by atoms with E-state index in [-0.39, 0.29) is 23.5 Å². The predicted octanol–water partition coefficient (Wildman–Crippen LogP) is 3.40. The van der Waals surface area contributed by atoms with Gasteiger partial charge in [-0.05, 0) is 26.0 Å². The second-order valence-electron chi connectivity index (χ2n) is 5.70. The number of carbonyl (C=O) groups is 2. The van der Waals surface area contributed by atoms with Crippen LogP contribution in [0, 0.1) is 0 Å². The first-order valence-corrected chi connectivity index (χ1v) is 10.8. The van der Waals surface area contributed by atoms with E-state index in [1.54, 1.807) is 37.6 Å². The van der Waals surface area contributed by atoms with Gasteiger partial charge in [-0.25, -0.2) is 4.79 Å². The number of thiocarbonyl (C=S) groups is 1. The van der Waals surface area contributed by atoms with Crippen molar-refractivity contribution in [3.63, 3.8) is 0 Å². The van der Waals surface area contributed by atoms with E-state index in [1.165, 1.54) is 6.92 Å². The molecule has 142 valence electrons. The third-order valence-electron chi connectivity index (χ3n) is 3.79. The molecule has 0 saturated carbocycles. The molecule has 1 aromatic carbocycles. The van der Waals surface area contributed by atoms with Gasteiger partial charge in [0.15, 0.2) is 0 Å². The molecule has 2 atom stereocenters. The van der Waals surface area contributed by atoms with Crippen molar-refractivity contribution in [1.29, 1.82) is 0 Å². The van der Waals surface area contributed by atoms with Crippen LogP contribution in [-0.4, -0.2) is 58.3 Å². The van der Waals surface area contributed by atoms with Crippen molar-refractivity contribution in [3.05, 3.63) is 24.3 Å². The van der Waals surface area contributed by atoms with Gasteiger partial charge >= 0.3 is 5.97 Å². The number of hydrogen-bond acceptors (Lipinski definition) is 7. The lowest BCUT2D eigenvalue weighted by molar-refractivity contribution is -0.147. The zero-order valence-corrected chi connectivity index (χ0v) is 17.5. The molecule has 2 unspecified atom stereocenters. The van der Waals surface area contributed by atoms with E-state index in [1.807, 2.05) is 29.2 Å². The molecule has 0 bridgehead atoms. The van der Waals surface area contributed by atoms with Crippen LogP contribution in [0.25, 0.3) is 0 Å². The predicted molar refractivity (Wildman–Crippen MR) is 110 cm³/mol. The first-order chi connectivity index (χ1) is 12.5. The number of ketones is 1. The fourth-order valence-electron chi connectivity index (χ4n) is 2.65. The maximum atomic E-state index is 12.3. The topological polar surface area (TPSA) is 55.8 Å². The van der Waals surface area contributed by atoms with Crippen molar-refractivity contribution < 1.29 is 19.1 Å². The first-order valence-electron chi connectivity index (χ1n) is 8.32. The third kappa shape index (κ3) is 5.37. The van der Waals surface area contributed by atoms with Gasteiger partial charge < -0.3 is 14.4 Å². The van der Waals surface area contributed by atoms with Crippen LogP contribution in [0.2, 0.25) is 0 Å². The highest BCUT2D eigenvalue weighted by atomic mass is 32.2. The Labute approximate surface area is 168 Å². The van der Waals surface area contributed by atoms with Gasteiger partial charge in [-0.1, -0.05) is 24.4 Å². The molecule has 2 rings (SSSR count). The summed E-state index contributed by atoms with van der Waals surface area (Å²) in [5.41, 5.74) is 0. The summed E-state index contributed by atoms with van der Waals surface area (Å²) in [5.74, 6) is 1.86. The largest absolute Gasteiger partial charge is 0.496 e. The number of carbonyl (C=O) groups excluding carboxylic acids is 2. The maximum Gasteiger partial charge on any atom is 0.329 e. The van der Waals surface area contributed by atoms with Gasteiger partial charge in [0.05, 0.1) is 30.5 Å². The molecule has 1 heterocycles. The SMILES string of the molecule is CCOC(=O)C1CSC(CSc2ccccc2OC)N1C(=S)CC(C)=O. The van der Waals surface area contributed by atoms with Gasteiger partial charge in [-0.2, -0.15) is 0 Å². The number of rotatable bonds is 8. The Morgan fingerprint density at radius 1 is 1.38 bits per heavy atom. The van der Waals surface area contributed by atoms with Gasteiger partial charge in [-0.3, -0.25) is 4.79 Å². The lowest BCUT2D eigenvalue weighted by atomic mass is 10.2. The van der Waals surface area contributed by atoms with E-state index in [0.717, 1.165) is 16.4 Å². The summed E-state index contributed by atoms with van der Waals surface area (Å²) in [7, 11) is 1.65. The van der Waals surface area contributed by atoms with Crippen LogP contribution in [0.5, 0.6) is 5.75 Å². The number of esters is 1. The minimum Gasteiger partial charge on any atom is -0.496 e. The van der Waals surface area contributed by atoms with Crippen LogP contribution in [0.15, 0.2) is 29.2 Å². The number of methoxy groups -OCH3 is 1. The Hall–Kier alpha value is -1.25. The van der Waals surface area contributed by atoms with Crippen LogP contribution >= 0.6 is 35.7 Å². The summed E-state index contributed by atoms with van der Waals surface area (Å²) in [6.45, 7) is 3.62. The van der Waals surface area contributed by atoms with Gasteiger partial charge in [0.1, 0.15) is 17.6 Å². The summed E-state index contributed by atoms with van der Waals surface area (Å²) in [4.78, 5) is 27.3. The summed E-state index contributed by atoms with van der Waals surface area (Å²) in [6, 6.07) is 7.38. The van der Waals surface area contributed by atoms with Crippen molar-refractivity contribution in [1.82, 2.24) is 4.90 Å². The molecule has 1 fully saturated rings. The van der Waals surface area contributed by atoms with Crippen LogP contribution in [0.4, 0.5) is 0 Å². The molecule has 0 amide bonds. The Morgan fingerprint density at radius 3 is 2.77 bits per heavy atom. The number of thioether (sulfide) groups is 2. The van der Waals surface area contributed by atoms with Gasteiger partial charge in [0.25, 0.3) is 0 Å². The highest BCUT2D eigenvalue weighted by Gasteiger charge is 2.40. The molecule has 8 heteroatoms. The molecule has 26 heavy (non-hydrogen) atoms. The van der Waals surface area contributed by atoms with Gasteiger partial charge in [0, 0.05) is 16.4 Å². The average Bonchev–Trinajstić information content (AvgIpc) is 3.04. The van der Waals surface area contributed by atoms with E-state index in [9.17, 15) is 9.59 Å². The monoisotopic (exact) mass is 413 g/mol. The molecular weight excluding hydrogens is 390 g/mol. The smallest absolute Gasteiger partial charge is 0.329 e. The minimum atomic E-state index is -0.435. The number of Topliss-reactive ketones (excluding diaryl/α,β-unsaturated/α-hetero) is 1. The lowest BCUT2D eigenvalue weighted by Gasteiger charge is -2.30. The fourth-order valence-corrected chi connectivity index (χ4v) is 5.85. The zero-order valence-electron chi connectivity index (χ0n) is 15.1. The number of hydrogen-bond donors (Lipinski definition) is 0. The van der Waals surface area contributed by atoms with Crippen molar-refractivity contribution in [3.8, 4) is 5.75 Å². The van der Waals surface area contributed by atoms with Crippen molar-refractivity contribution >= 4 is 52.5 Å². The fraction of sp³-hybridized carbons (Fsp3) is 0.500. The molecule has 1 aliphatic heterocycles. The van der Waals surface area contributed by atoms with Gasteiger partial charge in [-0.15, -0.1) is 23.5 Å². The van der Waals surface area contributed by atoms with Gasteiger partial charge in [0.2, 0.25) is 0 Å². The molecule has 1 saturated heterocycles. The quantitative estimate of drug-likeness (QED) is 0.365. The summed E-state index contributed by atoms with van der Waals surface area (Å²) in [6.07, 6.45) is 0.168. The van der Waals surface area contributed by atoms with Crippen molar-refractivity contribution in [2.24, 2.45) is 0 Å². The molecule has 0 aliphatic carbocycles. The van der Waals surface area contributed by atoms with E-state index in [4.69, 9.17) is 21.7 Å². The zero-order chi connectivity index (χ0) is 19.1. The Morgan fingerprint density at radius 2 is 2.12 bits per heavy atom. The van der Waals surface area contributed by atoms with Crippen LogP contribution in [0.3, 0.4) is 0 Å². The van der Waals surface area contributed by atoms with E-state index in [2.05, 4.69) is 0 Å². The lowest BCUT2D eigenvalue weighted by Crippen LogP contribution is -2.46. The van der Waals surface area contributed by atoms with E-state index < -0.39 is 6.04 Å². The highest BCUT2D eigenvalue weighted by Crippen LogP contribution is 2.37. The van der Waals surface area contributed by atoms with Crippen LogP contribution in [0.1, 0.15) is 20.3 Å². The van der Waals surface area contributed by atoms with Crippen molar-refractivity contribution in [2.75, 3.05) is 25.2 Å². The molecule has 0 aromatic heterocycles. The number of ether oxygens (including phenoxy) is 2. The summed E-state index contributed by atoms with van der Waals surface area (Å²) >= 11 is 8.79. The Balaban J connectivity index is 2.13. The normalized spacial score (nSPS) is 19.3. The number of para-hydroxylation sites is 1. The summed E-state index contributed by atoms with van der Waals surface area (Å²) in [5, 5.41) is 0.00571. The highest BCUT2D eigenvalue weighted by molar-refractivity contribution is 8.03. The molecule has 0 N–H and O–H groups in total.